The van der Waals surface area contributed by atoms with Gasteiger partial charge in [-0.1, -0.05) is 42.5 Å². The average Bonchev–Trinajstić information content (AvgIpc) is 2.55. The summed E-state index contributed by atoms with van der Waals surface area (Å²) in [5.41, 5.74) is 4.56. The Morgan fingerprint density at radius 1 is 0.773 bits per heavy atom. The first-order chi connectivity index (χ1) is 10.8. The van der Waals surface area contributed by atoms with Crippen molar-refractivity contribution in [1.82, 2.24) is 0 Å². The molecule has 3 rings (SSSR count). The highest BCUT2D eigenvalue weighted by molar-refractivity contribution is 5.60. The summed E-state index contributed by atoms with van der Waals surface area (Å²) in [5, 5.41) is 3.39. The second-order valence-electron chi connectivity index (χ2n) is 5.29. The Balaban J connectivity index is 1.60. The zero-order chi connectivity index (χ0) is 15.2. The first kappa shape index (κ1) is 14.2. The van der Waals surface area contributed by atoms with E-state index >= 15 is 0 Å². The van der Waals surface area contributed by atoms with Gasteiger partial charge in [-0.15, -0.1) is 0 Å². The van der Waals surface area contributed by atoms with Crippen LogP contribution in [0, 0.1) is 6.92 Å². The number of nitrogens with one attached hydrogen (secondary N) is 1. The van der Waals surface area contributed by atoms with Gasteiger partial charge in [0.1, 0.15) is 12.4 Å². The molecular weight excluding hydrogens is 270 g/mol. The molecule has 3 aromatic carbocycles. The molecule has 0 aliphatic heterocycles. The molecule has 0 fully saturated rings. The van der Waals surface area contributed by atoms with Gasteiger partial charge in [0.15, 0.2) is 0 Å². The van der Waals surface area contributed by atoms with E-state index < -0.39 is 0 Å². The fourth-order valence-electron chi connectivity index (χ4n) is 2.26. The number of hydrogen-bond donors (Lipinski definition) is 1. The molecule has 0 saturated carbocycles. The summed E-state index contributed by atoms with van der Waals surface area (Å²) in [6.07, 6.45) is 0. The minimum absolute atomic E-state index is 0.589. The fraction of sp³-hybridized carbons (Fsp3) is 0.100. The Morgan fingerprint density at radius 2 is 1.55 bits per heavy atom. The highest BCUT2D eigenvalue weighted by atomic mass is 16.5. The van der Waals surface area contributed by atoms with Crippen molar-refractivity contribution >= 4 is 11.4 Å². The van der Waals surface area contributed by atoms with Gasteiger partial charge in [0.2, 0.25) is 0 Å². The molecule has 0 atom stereocenters. The Hall–Kier alpha value is -2.74. The van der Waals surface area contributed by atoms with Crippen molar-refractivity contribution in [3.8, 4) is 5.75 Å². The third-order valence-corrected chi connectivity index (χ3v) is 3.41. The van der Waals surface area contributed by atoms with Crippen molar-refractivity contribution < 1.29 is 4.74 Å². The largest absolute Gasteiger partial charge is 0.489 e. The van der Waals surface area contributed by atoms with Crippen LogP contribution >= 0.6 is 0 Å². The summed E-state index contributed by atoms with van der Waals surface area (Å²) in [5.74, 6) is 0.874. The van der Waals surface area contributed by atoms with Crippen LogP contribution in [0.5, 0.6) is 5.75 Å². The topological polar surface area (TPSA) is 21.3 Å². The van der Waals surface area contributed by atoms with Crippen LogP contribution in [-0.2, 0) is 6.61 Å². The summed E-state index contributed by atoms with van der Waals surface area (Å²) in [4.78, 5) is 0. The van der Waals surface area contributed by atoms with E-state index in [1.165, 1.54) is 11.1 Å². The molecule has 22 heavy (non-hydrogen) atoms. The summed E-state index contributed by atoms with van der Waals surface area (Å²) < 4.78 is 5.79. The van der Waals surface area contributed by atoms with Gasteiger partial charge in [-0.3, -0.25) is 0 Å². The minimum Gasteiger partial charge on any atom is -0.489 e. The molecule has 2 nitrogen and oxygen atoms in total. The van der Waals surface area contributed by atoms with Gasteiger partial charge in [0, 0.05) is 11.4 Å². The number of hydrogen-bond acceptors (Lipinski definition) is 2. The van der Waals surface area contributed by atoms with Gasteiger partial charge in [-0.05, 0) is 54.4 Å². The molecule has 0 amide bonds. The van der Waals surface area contributed by atoms with E-state index in [4.69, 9.17) is 4.74 Å². The molecular formula is C20H19NO. The molecule has 3 aromatic rings. The summed E-state index contributed by atoms with van der Waals surface area (Å²) in [6, 6.07) is 26.5. The van der Waals surface area contributed by atoms with Crippen LogP contribution < -0.4 is 10.1 Å². The van der Waals surface area contributed by atoms with E-state index in [-0.39, 0.29) is 0 Å². The smallest absolute Gasteiger partial charge is 0.119 e. The predicted molar refractivity (Wildman–Crippen MR) is 91.7 cm³/mol. The van der Waals surface area contributed by atoms with Crippen LogP contribution in [0.4, 0.5) is 11.4 Å². The molecule has 0 saturated heterocycles. The van der Waals surface area contributed by atoms with Crippen molar-refractivity contribution in [2.45, 2.75) is 13.5 Å². The van der Waals surface area contributed by atoms with Gasteiger partial charge in [-0.2, -0.15) is 0 Å². The highest BCUT2D eigenvalue weighted by Crippen LogP contribution is 2.21. The van der Waals surface area contributed by atoms with Crippen LogP contribution in [0.3, 0.4) is 0 Å². The number of anilines is 2. The second-order valence-corrected chi connectivity index (χ2v) is 5.29. The third kappa shape index (κ3) is 3.89. The van der Waals surface area contributed by atoms with Crippen molar-refractivity contribution in [3.63, 3.8) is 0 Å². The molecule has 0 bridgehead atoms. The van der Waals surface area contributed by atoms with E-state index in [9.17, 15) is 0 Å². The quantitative estimate of drug-likeness (QED) is 0.686. The maximum atomic E-state index is 5.79. The molecule has 0 heterocycles. The SMILES string of the molecule is Cc1cccc(Nc2ccc(OCc3ccccc3)cc2)c1. The number of aryl methyl sites for hydroxylation is 1. The van der Waals surface area contributed by atoms with Crippen molar-refractivity contribution in [2.24, 2.45) is 0 Å². The first-order valence-electron chi connectivity index (χ1n) is 7.40. The molecule has 2 heteroatoms. The van der Waals surface area contributed by atoms with Crippen LogP contribution in [0.15, 0.2) is 78.9 Å². The van der Waals surface area contributed by atoms with Crippen LogP contribution in [0.1, 0.15) is 11.1 Å². The van der Waals surface area contributed by atoms with Crippen molar-refractivity contribution in [3.05, 3.63) is 90.0 Å². The zero-order valence-electron chi connectivity index (χ0n) is 12.6. The summed E-state index contributed by atoms with van der Waals surface area (Å²) >= 11 is 0. The maximum absolute atomic E-state index is 5.79. The van der Waals surface area contributed by atoms with Crippen molar-refractivity contribution in [2.75, 3.05) is 5.32 Å². The van der Waals surface area contributed by atoms with Crippen molar-refractivity contribution in [1.29, 1.82) is 0 Å². The van der Waals surface area contributed by atoms with E-state index in [0.717, 1.165) is 17.1 Å². The lowest BCUT2D eigenvalue weighted by Gasteiger charge is -2.09. The van der Waals surface area contributed by atoms with Crippen LogP contribution in [0.2, 0.25) is 0 Å². The van der Waals surface area contributed by atoms with Gasteiger partial charge < -0.3 is 10.1 Å². The Kier molecular flexibility index (Phi) is 4.40. The maximum Gasteiger partial charge on any atom is 0.119 e. The molecule has 0 spiro atoms. The Bertz CT molecular complexity index is 720. The number of benzene rings is 3. The molecule has 110 valence electrons. The third-order valence-electron chi connectivity index (χ3n) is 3.41. The lowest BCUT2D eigenvalue weighted by molar-refractivity contribution is 0.306. The first-order valence-corrected chi connectivity index (χ1v) is 7.40. The Morgan fingerprint density at radius 3 is 2.27 bits per heavy atom. The van der Waals surface area contributed by atoms with E-state index in [1.807, 2.05) is 42.5 Å². The molecule has 0 aliphatic carbocycles. The van der Waals surface area contributed by atoms with Crippen LogP contribution in [0.25, 0.3) is 0 Å². The average molecular weight is 289 g/mol. The number of ether oxygens (including phenoxy) is 1. The van der Waals surface area contributed by atoms with Gasteiger partial charge in [-0.25, -0.2) is 0 Å². The zero-order valence-corrected chi connectivity index (χ0v) is 12.6. The predicted octanol–water partition coefficient (Wildman–Crippen LogP) is 5.32. The van der Waals surface area contributed by atoms with Gasteiger partial charge in [0.05, 0.1) is 0 Å². The normalized spacial score (nSPS) is 10.2. The van der Waals surface area contributed by atoms with Crippen LogP contribution in [-0.4, -0.2) is 0 Å². The fourth-order valence-corrected chi connectivity index (χ4v) is 2.26. The monoisotopic (exact) mass is 289 g/mol. The van der Waals surface area contributed by atoms with E-state index in [1.54, 1.807) is 0 Å². The van der Waals surface area contributed by atoms with E-state index in [0.29, 0.717) is 6.61 Å². The molecule has 0 aliphatic rings. The van der Waals surface area contributed by atoms with Gasteiger partial charge >= 0.3 is 0 Å². The molecule has 1 N–H and O–H groups in total. The highest BCUT2D eigenvalue weighted by Gasteiger charge is 1.98. The summed E-state index contributed by atoms with van der Waals surface area (Å²) in [7, 11) is 0. The standard InChI is InChI=1S/C20H19NO/c1-16-6-5-9-19(14-16)21-18-10-12-20(13-11-18)22-15-17-7-3-2-4-8-17/h2-14,21H,15H2,1H3. The van der Waals surface area contributed by atoms with Gasteiger partial charge in [0.25, 0.3) is 0 Å². The number of rotatable bonds is 5. The summed E-state index contributed by atoms with van der Waals surface area (Å²) in [6.45, 7) is 2.68. The second kappa shape index (κ2) is 6.81. The Labute approximate surface area is 131 Å². The molecule has 0 radical (unpaired) electrons. The molecule has 0 unspecified atom stereocenters. The van der Waals surface area contributed by atoms with E-state index in [2.05, 4.69) is 48.6 Å². The minimum atomic E-state index is 0.589. The molecule has 0 aromatic heterocycles. The lowest BCUT2D eigenvalue weighted by Crippen LogP contribution is -1.95. The lowest BCUT2D eigenvalue weighted by atomic mass is 10.2.